The van der Waals surface area contributed by atoms with Crippen LogP contribution < -0.4 is 4.90 Å². The highest BCUT2D eigenvalue weighted by atomic mass is 35.5. The Morgan fingerprint density at radius 2 is 2.25 bits per heavy atom. The summed E-state index contributed by atoms with van der Waals surface area (Å²) < 4.78 is 42.4. The van der Waals surface area contributed by atoms with Crippen molar-refractivity contribution >= 4 is 50.0 Å². The highest BCUT2D eigenvalue weighted by Crippen LogP contribution is 2.41. The summed E-state index contributed by atoms with van der Waals surface area (Å²) in [6.07, 6.45) is 0. The van der Waals surface area contributed by atoms with Gasteiger partial charge in [0.25, 0.3) is 5.91 Å². The molecule has 130 valence electrons. The molecule has 2 unspecified atom stereocenters. The molecule has 1 amide bonds. The third kappa shape index (κ3) is 3.44. The van der Waals surface area contributed by atoms with E-state index in [2.05, 4.69) is 4.99 Å². The molecule has 2 fully saturated rings. The molecule has 0 bridgehead atoms. The van der Waals surface area contributed by atoms with Crippen LogP contribution in [0.3, 0.4) is 0 Å². The fraction of sp³-hybridized carbons (Fsp3) is 0.429. The molecule has 0 radical (unpaired) electrons. The van der Waals surface area contributed by atoms with Gasteiger partial charge in [0, 0.05) is 18.0 Å². The lowest BCUT2D eigenvalue weighted by molar-refractivity contribution is -0.121. The lowest BCUT2D eigenvalue weighted by atomic mass is 10.2. The topological polar surface area (TPSA) is 76.0 Å². The second-order valence-corrected chi connectivity index (χ2v) is 9.26. The van der Waals surface area contributed by atoms with Crippen LogP contribution in [-0.4, -0.2) is 56.0 Å². The molecule has 2 saturated heterocycles. The Balaban J connectivity index is 2.01. The molecule has 1 aromatic rings. The fourth-order valence-corrected chi connectivity index (χ4v) is 6.81. The molecule has 0 saturated carbocycles. The SMILES string of the molecule is COCC(=O)N=C1SC2CS(=O)(=O)CC2N1c1ccc(Cl)c(F)c1. The summed E-state index contributed by atoms with van der Waals surface area (Å²) in [5, 5.41) is 0.0710. The summed E-state index contributed by atoms with van der Waals surface area (Å²) in [7, 11) is -1.79. The molecular formula is C14H14ClFN2O4S2. The van der Waals surface area contributed by atoms with Gasteiger partial charge in [-0.15, -0.1) is 0 Å². The zero-order chi connectivity index (χ0) is 17.5. The van der Waals surface area contributed by atoms with E-state index in [4.69, 9.17) is 16.3 Å². The molecule has 1 aromatic carbocycles. The first-order chi connectivity index (χ1) is 11.3. The summed E-state index contributed by atoms with van der Waals surface area (Å²) in [5.41, 5.74) is 0.415. The summed E-state index contributed by atoms with van der Waals surface area (Å²) in [6.45, 7) is -0.180. The first-order valence-corrected chi connectivity index (χ1v) is 10.1. The minimum atomic E-state index is -3.17. The Hall–Kier alpha value is -1.16. The van der Waals surface area contributed by atoms with E-state index >= 15 is 0 Å². The quantitative estimate of drug-likeness (QED) is 0.779. The van der Waals surface area contributed by atoms with Crippen molar-refractivity contribution in [1.82, 2.24) is 0 Å². The number of rotatable bonds is 3. The van der Waals surface area contributed by atoms with Gasteiger partial charge in [-0.1, -0.05) is 23.4 Å². The van der Waals surface area contributed by atoms with Crippen molar-refractivity contribution < 1.29 is 22.3 Å². The number of amidine groups is 1. The number of fused-ring (bicyclic) bond motifs is 1. The van der Waals surface area contributed by atoms with E-state index in [9.17, 15) is 17.6 Å². The molecule has 2 atom stereocenters. The molecule has 10 heteroatoms. The molecule has 0 N–H and O–H groups in total. The van der Waals surface area contributed by atoms with Gasteiger partial charge in [0.1, 0.15) is 12.4 Å². The number of amides is 1. The van der Waals surface area contributed by atoms with Crippen LogP contribution in [-0.2, 0) is 19.4 Å². The molecule has 0 spiro atoms. The van der Waals surface area contributed by atoms with Crippen LogP contribution in [0.15, 0.2) is 23.2 Å². The number of halogens is 2. The maximum Gasteiger partial charge on any atom is 0.274 e. The number of nitrogens with zero attached hydrogens (tertiary/aromatic N) is 2. The molecule has 24 heavy (non-hydrogen) atoms. The average molecular weight is 393 g/mol. The van der Waals surface area contributed by atoms with Gasteiger partial charge in [-0.25, -0.2) is 12.8 Å². The molecular weight excluding hydrogens is 379 g/mol. The zero-order valence-electron chi connectivity index (χ0n) is 12.6. The number of hydrogen-bond donors (Lipinski definition) is 0. The Bertz CT molecular complexity index is 815. The monoisotopic (exact) mass is 392 g/mol. The zero-order valence-corrected chi connectivity index (χ0v) is 15.0. The summed E-state index contributed by atoms with van der Waals surface area (Å²) in [6, 6.07) is 3.79. The van der Waals surface area contributed by atoms with Crippen LogP contribution in [0.5, 0.6) is 0 Å². The van der Waals surface area contributed by atoms with E-state index in [1.165, 1.54) is 31.0 Å². The number of hydrogen-bond acceptors (Lipinski definition) is 5. The van der Waals surface area contributed by atoms with Gasteiger partial charge in [0.15, 0.2) is 15.0 Å². The Morgan fingerprint density at radius 3 is 2.92 bits per heavy atom. The number of aliphatic imine (C=N–C) groups is 1. The van der Waals surface area contributed by atoms with Crippen LogP contribution in [0.4, 0.5) is 10.1 Å². The van der Waals surface area contributed by atoms with Gasteiger partial charge < -0.3 is 9.64 Å². The fourth-order valence-electron chi connectivity index (χ4n) is 2.76. The maximum atomic E-state index is 13.8. The number of sulfone groups is 1. The molecule has 2 aliphatic heterocycles. The second kappa shape index (κ2) is 6.62. The van der Waals surface area contributed by atoms with Crippen LogP contribution in [0, 0.1) is 5.82 Å². The first-order valence-electron chi connectivity index (χ1n) is 7.02. The van der Waals surface area contributed by atoms with E-state index in [0.29, 0.717) is 10.9 Å². The van der Waals surface area contributed by atoms with Gasteiger partial charge in [0.05, 0.1) is 22.6 Å². The number of benzene rings is 1. The Morgan fingerprint density at radius 1 is 1.50 bits per heavy atom. The minimum absolute atomic E-state index is 0.00634. The third-order valence-corrected chi connectivity index (χ3v) is 7.25. The van der Waals surface area contributed by atoms with E-state index in [1.54, 1.807) is 11.0 Å². The maximum absolute atomic E-state index is 13.8. The molecule has 3 rings (SSSR count). The van der Waals surface area contributed by atoms with Crippen molar-refractivity contribution in [2.75, 3.05) is 30.1 Å². The minimum Gasteiger partial charge on any atom is -0.375 e. The Labute approximate surface area is 147 Å². The first kappa shape index (κ1) is 17.7. The van der Waals surface area contributed by atoms with Crippen LogP contribution in [0.1, 0.15) is 0 Å². The molecule has 6 nitrogen and oxygen atoms in total. The van der Waals surface area contributed by atoms with E-state index in [1.807, 2.05) is 0 Å². The number of carbonyl (C=O) groups excluding carboxylic acids is 1. The van der Waals surface area contributed by atoms with Crippen molar-refractivity contribution in [3.63, 3.8) is 0 Å². The normalized spacial score (nSPS) is 26.8. The largest absolute Gasteiger partial charge is 0.375 e. The van der Waals surface area contributed by atoms with Crippen molar-refractivity contribution in [3.05, 3.63) is 29.0 Å². The van der Waals surface area contributed by atoms with Crippen molar-refractivity contribution in [2.24, 2.45) is 4.99 Å². The van der Waals surface area contributed by atoms with Crippen LogP contribution in [0.2, 0.25) is 5.02 Å². The number of methoxy groups -OCH3 is 1. The lowest BCUT2D eigenvalue weighted by Gasteiger charge is -2.24. The third-order valence-electron chi connectivity index (χ3n) is 3.74. The summed E-state index contributed by atoms with van der Waals surface area (Å²) >= 11 is 6.93. The number of thioether (sulfide) groups is 1. The van der Waals surface area contributed by atoms with E-state index in [0.717, 1.165) is 0 Å². The van der Waals surface area contributed by atoms with Crippen molar-refractivity contribution in [3.8, 4) is 0 Å². The predicted octanol–water partition coefficient (Wildman–Crippen LogP) is 1.73. The average Bonchev–Trinajstić information content (AvgIpc) is 2.93. The number of anilines is 1. The summed E-state index contributed by atoms with van der Waals surface area (Å²) in [5.74, 6) is -1.16. The molecule has 2 aliphatic rings. The van der Waals surface area contributed by atoms with Crippen molar-refractivity contribution in [1.29, 1.82) is 0 Å². The van der Waals surface area contributed by atoms with Gasteiger partial charge in [-0.3, -0.25) is 4.79 Å². The van der Waals surface area contributed by atoms with E-state index < -0.39 is 27.6 Å². The van der Waals surface area contributed by atoms with Gasteiger partial charge >= 0.3 is 0 Å². The summed E-state index contributed by atoms with van der Waals surface area (Å²) in [4.78, 5) is 17.4. The van der Waals surface area contributed by atoms with Gasteiger partial charge in [-0.05, 0) is 18.2 Å². The second-order valence-electron chi connectivity index (χ2n) is 5.49. The van der Waals surface area contributed by atoms with Crippen molar-refractivity contribution in [2.45, 2.75) is 11.3 Å². The highest BCUT2D eigenvalue weighted by Gasteiger charge is 2.49. The smallest absolute Gasteiger partial charge is 0.274 e. The standard InChI is InChI=1S/C14H14ClFN2O4S2/c1-22-5-13(19)17-14-18(8-2-3-9(15)10(16)4-8)11-6-24(20,21)7-12(11)23-14/h2-4,11-12H,5-7H2,1H3. The van der Waals surface area contributed by atoms with Crippen LogP contribution in [0.25, 0.3) is 0 Å². The molecule has 0 aliphatic carbocycles. The number of carbonyl (C=O) groups is 1. The Kier molecular flexibility index (Phi) is 4.87. The van der Waals surface area contributed by atoms with E-state index in [-0.39, 0.29) is 28.4 Å². The molecule has 0 aromatic heterocycles. The van der Waals surface area contributed by atoms with Gasteiger partial charge in [0.2, 0.25) is 0 Å². The lowest BCUT2D eigenvalue weighted by Crippen LogP contribution is -2.37. The highest BCUT2D eigenvalue weighted by molar-refractivity contribution is 8.16. The van der Waals surface area contributed by atoms with Crippen LogP contribution >= 0.6 is 23.4 Å². The predicted molar refractivity (Wildman–Crippen MR) is 92.0 cm³/mol. The van der Waals surface area contributed by atoms with Gasteiger partial charge in [-0.2, -0.15) is 4.99 Å². The number of ether oxygens (including phenoxy) is 1. The molecule has 2 heterocycles.